The zero-order valence-corrected chi connectivity index (χ0v) is 12.9. The molecule has 1 atom stereocenters. The van der Waals surface area contributed by atoms with Gasteiger partial charge in [-0.25, -0.2) is 4.98 Å². The van der Waals surface area contributed by atoms with Crippen LogP contribution in [0.4, 0.5) is 5.69 Å². The lowest BCUT2D eigenvalue weighted by molar-refractivity contribution is -0.133. The normalized spacial score (nSPS) is 15.8. The van der Waals surface area contributed by atoms with E-state index >= 15 is 0 Å². The van der Waals surface area contributed by atoms with Crippen molar-refractivity contribution < 1.29 is 9.59 Å². The van der Waals surface area contributed by atoms with E-state index in [9.17, 15) is 9.59 Å². The molecular formula is C14H21ClN4O2. The second-order valence-corrected chi connectivity index (χ2v) is 5.06. The third kappa shape index (κ3) is 4.60. The number of pyridine rings is 1. The van der Waals surface area contributed by atoms with Crippen LogP contribution in [-0.2, 0) is 4.79 Å². The molecule has 2 amide bonds. The molecule has 0 spiro atoms. The van der Waals surface area contributed by atoms with Crippen molar-refractivity contribution in [3.8, 4) is 0 Å². The Morgan fingerprint density at radius 3 is 2.52 bits per heavy atom. The summed E-state index contributed by atoms with van der Waals surface area (Å²) in [6.45, 7) is 3.25. The van der Waals surface area contributed by atoms with E-state index in [1.807, 2.05) is 4.90 Å². The number of carbonyl (C=O) groups is 2. The van der Waals surface area contributed by atoms with Gasteiger partial charge < -0.3 is 16.0 Å². The number of nitrogens with zero attached hydrogens (tertiary/aromatic N) is 2. The molecular weight excluding hydrogens is 292 g/mol. The Labute approximate surface area is 130 Å². The maximum Gasteiger partial charge on any atom is 0.270 e. The van der Waals surface area contributed by atoms with Crippen LogP contribution in [0.2, 0.25) is 0 Å². The molecule has 1 aromatic heterocycles. The first-order valence-corrected chi connectivity index (χ1v) is 6.89. The van der Waals surface area contributed by atoms with Gasteiger partial charge in [-0.3, -0.25) is 9.59 Å². The van der Waals surface area contributed by atoms with E-state index in [4.69, 9.17) is 5.73 Å². The van der Waals surface area contributed by atoms with Gasteiger partial charge in [-0.05, 0) is 38.3 Å². The number of nitrogens with one attached hydrogen (secondary N) is 1. The highest BCUT2D eigenvalue weighted by atomic mass is 35.5. The second kappa shape index (κ2) is 7.83. The molecule has 0 aromatic carbocycles. The van der Waals surface area contributed by atoms with Crippen molar-refractivity contribution in [2.24, 2.45) is 0 Å². The van der Waals surface area contributed by atoms with Crippen LogP contribution in [0.5, 0.6) is 0 Å². The molecule has 1 aliphatic heterocycles. The molecule has 1 saturated heterocycles. The number of aromatic nitrogens is 1. The van der Waals surface area contributed by atoms with Crippen LogP contribution in [-0.4, -0.2) is 40.8 Å². The molecule has 1 aliphatic rings. The molecule has 1 fully saturated rings. The van der Waals surface area contributed by atoms with E-state index in [2.05, 4.69) is 10.3 Å². The van der Waals surface area contributed by atoms with Crippen molar-refractivity contribution in [1.29, 1.82) is 0 Å². The van der Waals surface area contributed by atoms with Gasteiger partial charge in [0.2, 0.25) is 5.91 Å². The van der Waals surface area contributed by atoms with Gasteiger partial charge in [0.25, 0.3) is 5.91 Å². The molecule has 1 aromatic rings. The highest BCUT2D eigenvalue weighted by Gasteiger charge is 2.23. The highest BCUT2D eigenvalue weighted by Crippen LogP contribution is 2.10. The number of likely N-dealkylation sites (tertiary alicyclic amines) is 1. The average Bonchev–Trinajstić information content (AvgIpc) is 2.48. The standard InChI is InChI=1S/C14H20N4O2.ClH/c1-10(14(20)18-7-3-2-4-8-18)17-13(19)12-6-5-11(15)9-16-12;/h5-6,9-10H,2-4,7-8,15H2,1H3,(H,17,19);1H. The molecule has 3 N–H and O–H groups in total. The summed E-state index contributed by atoms with van der Waals surface area (Å²) in [5.74, 6) is -0.392. The van der Waals surface area contributed by atoms with E-state index < -0.39 is 6.04 Å². The fourth-order valence-electron chi connectivity index (χ4n) is 2.26. The van der Waals surface area contributed by atoms with Gasteiger partial charge in [-0.15, -0.1) is 12.4 Å². The third-order valence-electron chi connectivity index (χ3n) is 3.40. The van der Waals surface area contributed by atoms with Crippen molar-refractivity contribution in [2.75, 3.05) is 18.8 Å². The molecule has 0 aliphatic carbocycles. The smallest absolute Gasteiger partial charge is 0.270 e. The first kappa shape index (κ1) is 17.2. The quantitative estimate of drug-likeness (QED) is 0.878. The van der Waals surface area contributed by atoms with Crippen molar-refractivity contribution in [1.82, 2.24) is 15.2 Å². The monoisotopic (exact) mass is 312 g/mol. The zero-order valence-electron chi connectivity index (χ0n) is 12.0. The Morgan fingerprint density at radius 1 is 1.29 bits per heavy atom. The summed E-state index contributed by atoms with van der Waals surface area (Å²) in [6, 6.07) is 2.61. The minimum Gasteiger partial charge on any atom is -0.397 e. The summed E-state index contributed by atoms with van der Waals surface area (Å²) in [4.78, 5) is 29.9. The highest BCUT2D eigenvalue weighted by molar-refractivity contribution is 5.96. The number of hydrogen-bond donors (Lipinski definition) is 2. The zero-order chi connectivity index (χ0) is 14.5. The van der Waals surface area contributed by atoms with Crippen molar-refractivity contribution in [3.63, 3.8) is 0 Å². The summed E-state index contributed by atoms with van der Waals surface area (Å²) >= 11 is 0. The number of anilines is 1. The van der Waals surface area contributed by atoms with Crippen LogP contribution in [0.1, 0.15) is 36.7 Å². The van der Waals surface area contributed by atoms with E-state index in [0.29, 0.717) is 5.69 Å². The first-order valence-electron chi connectivity index (χ1n) is 6.89. The van der Waals surface area contributed by atoms with E-state index in [-0.39, 0.29) is 29.9 Å². The van der Waals surface area contributed by atoms with Gasteiger partial charge in [0.1, 0.15) is 11.7 Å². The Hall–Kier alpha value is -1.82. The molecule has 0 radical (unpaired) electrons. The average molecular weight is 313 g/mol. The number of piperidine rings is 1. The van der Waals surface area contributed by atoms with Gasteiger partial charge in [-0.2, -0.15) is 0 Å². The fourth-order valence-corrected chi connectivity index (χ4v) is 2.26. The summed E-state index contributed by atoms with van der Waals surface area (Å²) < 4.78 is 0. The Balaban J connectivity index is 0.00000220. The van der Waals surface area contributed by atoms with E-state index in [1.165, 1.54) is 12.6 Å². The number of nitrogen functional groups attached to an aromatic ring is 1. The fraction of sp³-hybridized carbons (Fsp3) is 0.500. The van der Waals surface area contributed by atoms with Crippen LogP contribution in [0.3, 0.4) is 0 Å². The summed E-state index contributed by atoms with van der Waals surface area (Å²) in [5, 5.41) is 2.68. The molecule has 116 valence electrons. The lowest BCUT2D eigenvalue weighted by Crippen LogP contribution is -2.48. The first-order chi connectivity index (χ1) is 9.58. The largest absolute Gasteiger partial charge is 0.397 e. The number of halogens is 1. The van der Waals surface area contributed by atoms with Gasteiger partial charge in [0.15, 0.2) is 0 Å². The number of hydrogen-bond acceptors (Lipinski definition) is 4. The molecule has 7 heteroatoms. The number of amides is 2. The molecule has 0 saturated carbocycles. The predicted molar refractivity (Wildman–Crippen MR) is 83.3 cm³/mol. The van der Waals surface area contributed by atoms with Crippen LogP contribution >= 0.6 is 12.4 Å². The maximum atomic E-state index is 12.2. The van der Waals surface area contributed by atoms with Crippen molar-refractivity contribution >= 4 is 29.9 Å². The third-order valence-corrected chi connectivity index (χ3v) is 3.40. The van der Waals surface area contributed by atoms with Gasteiger partial charge in [0, 0.05) is 13.1 Å². The lowest BCUT2D eigenvalue weighted by atomic mass is 10.1. The molecule has 0 bridgehead atoms. The molecule has 2 rings (SSSR count). The lowest BCUT2D eigenvalue weighted by Gasteiger charge is -2.29. The molecule has 6 nitrogen and oxygen atoms in total. The summed E-state index contributed by atoms with van der Waals surface area (Å²) in [7, 11) is 0. The number of carbonyl (C=O) groups excluding carboxylic acids is 2. The van der Waals surface area contributed by atoms with Gasteiger partial charge in [0.05, 0.1) is 11.9 Å². The number of rotatable bonds is 3. The Bertz CT molecular complexity index is 486. The minimum absolute atomic E-state index is 0. The van der Waals surface area contributed by atoms with Crippen LogP contribution < -0.4 is 11.1 Å². The van der Waals surface area contributed by atoms with Crippen LogP contribution in [0.25, 0.3) is 0 Å². The van der Waals surface area contributed by atoms with Crippen molar-refractivity contribution in [3.05, 3.63) is 24.0 Å². The minimum atomic E-state index is -0.542. The van der Waals surface area contributed by atoms with Crippen LogP contribution in [0, 0.1) is 0 Å². The number of nitrogens with two attached hydrogens (primary N) is 1. The van der Waals surface area contributed by atoms with E-state index in [0.717, 1.165) is 25.9 Å². The van der Waals surface area contributed by atoms with Crippen LogP contribution in [0.15, 0.2) is 18.3 Å². The summed E-state index contributed by atoms with van der Waals surface area (Å²) in [6.07, 6.45) is 4.66. The van der Waals surface area contributed by atoms with Crippen molar-refractivity contribution in [2.45, 2.75) is 32.2 Å². The topological polar surface area (TPSA) is 88.3 Å². The second-order valence-electron chi connectivity index (χ2n) is 5.06. The molecule has 1 unspecified atom stereocenters. The summed E-state index contributed by atoms with van der Waals surface area (Å²) in [5.41, 5.74) is 6.28. The molecule has 2 heterocycles. The predicted octanol–water partition coefficient (Wildman–Crippen LogP) is 1.22. The Kier molecular flexibility index (Phi) is 6.42. The van der Waals surface area contributed by atoms with Gasteiger partial charge >= 0.3 is 0 Å². The SMILES string of the molecule is CC(NC(=O)c1ccc(N)cn1)C(=O)N1CCCCC1.Cl. The maximum absolute atomic E-state index is 12.2. The molecule has 21 heavy (non-hydrogen) atoms. The van der Waals surface area contributed by atoms with Gasteiger partial charge in [-0.1, -0.05) is 0 Å². The Morgan fingerprint density at radius 2 is 1.95 bits per heavy atom. The van der Waals surface area contributed by atoms with E-state index in [1.54, 1.807) is 19.1 Å².